The minimum atomic E-state index is -0.537. The summed E-state index contributed by atoms with van der Waals surface area (Å²) in [6.45, 7) is 2.05. The summed E-state index contributed by atoms with van der Waals surface area (Å²) in [5.74, 6) is -0.498. The molecule has 2 rings (SSSR count). The molecule has 198 valence electrons. The predicted molar refractivity (Wildman–Crippen MR) is 145 cm³/mol. The van der Waals surface area contributed by atoms with E-state index in [2.05, 4.69) is 22.8 Å². The average Bonchev–Trinajstić information content (AvgIpc) is 2.91. The zero-order chi connectivity index (χ0) is 26.7. The van der Waals surface area contributed by atoms with Crippen molar-refractivity contribution < 1.29 is 23.9 Å². The maximum absolute atomic E-state index is 12.1. The van der Waals surface area contributed by atoms with Gasteiger partial charge in [0.2, 0.25) is 5.91 Å². The van der Waals surface area contributed by atoms with E-state index in [4.69, 9.17) is 9.47 Å². The van der Waals surface area contributed by atoms with Crippen LogP contribution in [0.2, 0.25) is 0 Å². The zero-order valence-electron chi connectivity index (χ0n) is 21.7. The molecule has 0 heterocycles. The Labute approximate surface area is 219 Å². The number of carbonyl (C=O) groups excluding carboxylic acids is 3. The smallest absolute Gasteiger partial charge is 0.336 e. The zero-order valence-corrected chi connectivity index (χ0v) is 21.7. The van der Waals surface area contributed by atoms with Gasteiger partial charge in [0.05, 0.1) is 19.9 Å². The summed E-state index contributed by atoms with van der Waals surface area (Å²) < 4.78 is 10.7. The van der Waals surface area contributed by atoms with E-state index in [1.54, 1.807) is 24.3 Å². The highest BCUT2D eigenvalue weighted by molar-refractivity contribution is 5.90. The monoisotopic (exact) mass is 507 g/mol. The lowest BCUT2D eigenvalue weighted by molar-refractivity contribution is -0.129. The molecule has 0 aromatic heterocycles. The number of hydrogen-bond donors (Lipinski definition) is 2. The number of carbonyl (C=O) groups is 3. The number of nitrogens with one attached hydrogen (secondary N) is 2. The quantitative estimate of drug-likeness (QED) is 0.0829. The molecule has 2 aromatic carbocycles. The number of benzene rings is 2. The van der Waals surface area contributed by atoms with Crippen molar-refractivity contribution in [1.82, 2.24) is 10.7 Å². The Morgan fingerprint density at radius 3 is 2.32 bits per heavy atom. The molecule has 0 atom stereocenters. The molecule has 0 saturated carbocycles. The third-order valence-electron chi connectivity index (χ3n) is 5.47. The van der Waals surface area contributed by atoms with Gasteiger partial charge in [-0.2, -0.15) is 5.10 Å². The third-order valence-corrected chi connectivity index (χ3v) is 5.47. The van der Waals surface area contributed by atoms with Crippen LogP contribution >= 0.6 is 0 Å². The number of ether oxygens (including phenoxy) is 2. The van der Waals surface area contributed by atoms with Crippen molar-refractivity contribution in [2.24, 2.45) is 5.10 Å². The van der Waals surface area contributed by atoms with E-state index in [0.717, 1.165) is 24.8 Å². The Bertz CT molecular complexity index is 1050. The molecule has 0 aliphatic rings. The van der Waals surface area contributed by atoms with Crippen molar-refractivity contribution in [3.8, 4) is 11.5 Å². The molecule has 0 spiro atoms. The largest absolute Gasteiger partial charge is 0.493 e. The second-order valence-electron chi connectivity index (χ2n) is 8.52. The molecule has 0 unspecified atom stereocenters. The van der Waals surface area contributed by atoms with Crippen molar-refractivity contribution >= 4 is 30.1 Å². The Balaban J connectivity index is 1.72. The fraction of sp³-hybridized carbons (Fsp3) is 0.379. The first-order chi connectivity index (χ1) is 18.0. The summed E-state index contributed by atoms with van der Waals surface area (Å²) in [5, 5.41) is 6.52. The van der Waals surface area contributed by atoms with Gasteiger partial charge in [0.25, 0.3) is 5.91 Å². The van der Waals surface area contributed by atoms with Crippen LogP contribution in [0.15, 0.2) is 59.7 Å². The highest BCUT2D eigenvalue weighted by Crippen LogP contribution is 2.27. The number of nitrogens with zero attached hydrogens (tertiary/aromatic N) is 1. The van der Waals surface area contributed by atoms with Crippen LogP contribution in [0.1, 0.15) is 69.4 Å². The second kappa shape index (κ2) is 17.5. The maximum Gasteiger partial charge on any atom is 0.336 e. The van der Waals surface area contributed by atoms with Crippen molar-refractivity contribution in [3.63, 3.8) is 0 Å². The molecule has 37 heavy (non-hydrogen) atoms. The van der Waals surface area contributed by atoms with E-state index in [1.165, 1.54) is 45.1 Å². The van der Waals surface area contributed by atoms with Crippen molar-refractivity contribution in [1.29, 1.82) is 0 Å². The summed E-state index contributed by atoms with van der Waals surface area (Å²) in [5.41, 5.74) is 3.89. The lowest BCUT2D eigenvalue weighted by Crippen LogP contribution is -2.34. The Morgan fingerprint density at radius 2 is 1.59 bits per heavy atom. The summed E-state index contributed by atoms with van der Waals surface area (Å²) in [6.07, 6.45) is 12.8. The van der Waals surface area contributed by atoms with Gasteiger partial charge in [-0.1, -0.05) is 75.8 Å². The van der Waals surface area contributed by atoms with Crippen LogP contribution in [-0.2, 0) is 14.4 Å². The molecule has 8 nitrogen and oxygen atoms in total. The molecule has 0 fully saturated rings. The molecular formula is C29H37N3O5. The molecule has 2 amide bonds. The Hall–Kier alpha value is -3.94. The average molecular weight is 508 g/mol. The van der Waals surface area contributed by atoms with Gasteiger partial charge in [0, 0.05) is 12.5 Å². The van der Waals surface area contributed by atoms with Crippen LogP contribution in [0, 0.1) is 0 Å². The predicted octanol–water partition coefficient (Wildman–Crippen LogP) is 5.02. The molecule has 8 heteroatoms. The van der Waals surface area contributed by atoms with Crippen LogP contribution in [0.5, 0.6) is 11.5 Å². The third kappa shape index (κ3) is 12.5. The highest BCUT2D eigenvalue weighted by atomic mass is 16.6. The fourth-order valence-corrected chi connectivity index (χ4v) is 3.45. The van der Waals surface area contributed by atoms with Crippen molar-refractivity contribution in [2.75, 3.05) is 13.7 Å². The molecule has 2 aromatic rings. The Kier molecular flexibility index (Phi) is 13.8. The van der Waals surface area contributed by atoms with Gasteiger partial charge < -0.3 is 14.8 Å². The fourth-order valence-electron chi connectivity index (χ4n) is 3.45. The van der Waals surface area contributed by atoms with Crippen LogP contribution in [0.25, 0.3) is 6.08 Å². The van der Waals surface area contributed by atoms with E-state index in [9.17, 15) is 14.4 Å². The Morgan fingerprint density at radius 1 is 0.865 bits per heavy atom. The van der Waals surface area contributed by atoms with Gasteiger partial charge in [0.15, 0.2) is 11.5 Å². The molecular weight excluding hydrogens is 470 g/mol. The first kappa shape index (κ1) is 29.3. The summed E-state index contributed by atoms with van der Waals surface area (Å²) >= 11 is 0. The maximum atomic E-state index is 12.1. The molecule has 0 bridgehead atoms. The lowest BCUT2D eigenvalue weighted by atomic mass is 10.1. The highest BCUT2D eigenvalue weighted by Gasteiger charge is 2.09. The van der Waals surface area contributed by atoms with Crippen LogP contribution < -0.4 is 20.2 Å². The summed E-state index contributed by atoms with van der Waals surface area (Å²) in [4.78, 5) is 36.0. The first-order valence-corrected chi connectivity index (χ1v) is 12.7. The normalized spacial score (nSPS) is 11.0. The topological polar surface area (TPSA) is 106 Å². The van der Waals surface area contributed by atoms with Gasteiger partial charge in [-0.05, 0) is 41.8 Å². The van der Waals surface area contributed by atoms with Gasteiger partial charge in [-0.25, -0.2) is 10.2 Å². The molecule has 0 aliphatic carbocycles. The molecule has 2 N–H and O–H groups in total. The minimum Gasteiger partial charge on any atom is -0.493 e. The number of rotatable bonds is 16. The SMILES string of the molecule is CCCCCCCCCC(=O)NCC(=O)NN=Cc1ccc(OC(=O)C=Cc2ccccc2)c(OC)c1. The number of amides is 2. The van der Waals surface area contributed by atoms with Gasteiger partial charge >= 0.3 is 5.97 Å². The van der Waals surface area contributed by atoms with E-state index in [0.29, 0.717) is 17.7 Å². The number of unbranched alkanes of at least 4 members (excludes halogenated alkanes) is 6. The standard InChI is InChI=1S/C29H37N3O5/c1-3-4-5-6-7-8-12-15-27(33)30-22-28(34)32-31-21-24-16-18-25(26(20-24)36-2)37-29(35)19-17-23-13-10-9-11-14-23/h9-11,13-14,16-21H,3-8,12,15,22H2,1-2H3,(H,30,33)(H,32,34). The van der Waals surface area contributed by atoms with Gasteiger partial charge in [-0.15, -0.1) is 0 Å². The van der Waals surface area contributed by atoms with E-state index >= 15 is 0 Å². The van der Waals surface area contributed by atoms with E-state index in [1.807, 2.05) is 30.3 Å². The van der Waals surface area contributed by atoms with Crippen LogP contribution in [0.4, 0.5) is 0 Å². The van der Waals surface area contributed by atoms with Gasteiger partial charge in [-0.3, -0.25) is 9.59 Å². The first-order valence-electron chi connectivity index (χ1n) is 12.7. The van der Waals surface area contributed by atoms with Crippen molar-refractivity contribution in [3.05, 3.63) is 65.7 Å². The number of hydrazone groups is 1. The number of esters is 1. The van der Waals surface area contributed by atoms with Gasteiger partial charge in [0.1, 0.15) is 0 Å². The number of hydrogen-bond acceptors (Lipinski definition) is 6. The molecule has 0 radical (unpaired) electrons. The second-order valence-corrected chi connectivity index (χ2v) is 8.52. The van der Waals surface area contributed by atoms with E-state index < -0.39 is 11.9 Å². The summed E-state index contributed by atoms with van der Waals surface area (Å²) in [7, 11) is 1.46. The van der Waals surface area contributed by atoms with Crippen LogP contribution in [0.3, 0.4) is 0 Å². The molecule has 0 aliphatic heterocycles. The molecule has 0 saturated heterocycles. The summed E-state index contributed by atoms with van der Waals surface area (Å²) in [6, 6.07) is 14.3. The number of methoxy groups -OCH3 is 1. The van der Waals surface area contributed by atoms with E-state index in [-0.39, 0.29) is 18.2 Å². The van der Waals surface area contributed by atoms with Crippen LogP contribution in [-0.4, -0.2) is 37.7 Å². The minimum absolute atomic E-state index is 0.138. The van der Waals surface area contributed by atoms with Crippen molar-refractivity contribution in [2.45, 2.75) is 58.3 Å². The lowest BCUT2D eigenvalue weighted by Gasteiger charge is -2.08.